The van der Waals surface area contributed by atoms with Gasteiger partial charge >= 0.3 is 0 Å². The predicted molar refractivity (Wildman–Crippen MR) is 74.2 cm³/mol. The van der Waals surface area contributed by atoms with Crippen LogP contribution in [0.5, 0.6) is 0 Å². The van der Waals surface area contributed by atoms with Gasteiger partial charge in [0.25, 0.3) is 0 Å². The van der Waals surface area contributed by atoms with Crippen LogP contribution in [0.1, 0.15) is 38.7 Å². The van der Waals surface area contributed by atoms with Crippen LogP contribution in [0.15, 0.2) is 18.2 Å². The standard InChI is InChI=1S/C15H21ClFN/c1-10-6-11(2)8-15(18,7-10)9-12-4-3-5-13(16)14(12)17/h3-5,10-11H,6-9,18H2,1-2H3. The van der Waals surface area contributed by atoms with Crippen molar-refractivity contribution in [3.63, 3.8) is 0 Å². The summed E-state index contributed by atoms with van der Waals surface area (Å²) < 4.78 is 13.9. The molecular formula is C15H21ClFN. The Morgan fingerprint density at radius 1 is 1.33 bits per heavy atom. The minimum atomic E-state index is -0.310. The smallest absolute Gasteiger partial charge is 0.145 e. The summed E-state index contributed by atoms with van der Waals surface area (Å²) in [5, 5.41) is 0.188. The van der Waals surface area contributed by atoms with Crippen molar-refractivity contribution in [3.05, 3.63) is 34.6 Å². The Kier molecular flexibility index (Phi) is 3.98. The molecule has 2 N–H and O–H groups in total. The van der Waals surface area contributed by atoms with Crippen LogP contribution in [0.2, 0.25) is 5.02 Å². The molecule has 1 fully saturated rings. The van der Waals surface area contributed by atoms with E-state index in [1.807, 2.05) is 0 Å². The maximum atomic E-state index is 13.9. The van der Waals surface area contributed by atoms with E-state index in [1.54, 1.807) is 18.2 Å². The molecule has 1 aromatic carbocycles. The highest BCUT2D eigenvalue weighted by molar-refractivity contribution is 6.30. The number of benzene rings is 1. The van der Waals surface area contributed by atoms with Gasteiger partial charge in [0.15, 0.2) is 0 Å². The summed E-state index contributed by atoms with van der Waals surface area (Å²) in [6.45, 7) is 4.46. The monoisotopic (exact) mass is 269 g/mol. The zero-order valence-electron chi connectivity index (χ0n) is 11.0. The Labute approximate surface area is 114 Å². The van der Waals surface area contributed by atoms with E-state index in [2.05, 4.69) is 13.8 Å². The van der Waals surface area contributed by atoms with E-state index in [0.717, 1.165) is 12.8 Å². The van der Waals surface area contributed by atoms with E-state index >= 15 is 0 Å². The molecule has 0 heterocycles. The van der Waals surface area contributed by atoms with Crippen LogP contribution in [0.3, 0.4) is 0 Å². The lowest BCUT2D eigenvalue weighted by Crippen LogP contribution is -2.48. The van der Waals surface area contributed by atoms with Crippen molar-refractivity contribution in [2.24, 2.45) is 17.6 Å². The molecule has 1 saturated carbocycles. The van der Waals surface area contributed by atoms with Crippen LogP contribution >= 0.6 is 11.6 Å². The first-order valence-corrected chi connectivity index (χ1v) is 6.99. The average Bonchev–Trinajstić information content (AvgIpc) is 2.22. The zero-order chi connectivity index (χ0) is 13.3. The van der Waals surface area contributed by atoms with E-state index in [1.165, 1.54) is 6.42 Å². The van der Waals surface area contributed by atoms with Crippen LogP contribution in [0.4, 0.5) is 4.39 Å². The highest BCUT2D eigenvalue weighted by Gasteiger charge is 2.35. The maximum absolute atomic E-state index is 13.9. The topological polar surface area (TPSA) is 26.0 Å². The number of hydrogen-bond donors (Lipinski definition) is 1. The fraction of sp³-hybridized carbons (Fsp3) is 0.600. The van der Waals surface area contributed by atoms with Gasteiger partial charge in [0.1, 0.15) is 5.82 Å². The van der Waals surface area contributed by atoms with Gasteiger partial charge in [0.2, 0.25) is 0 Å². The van der Waals surface area contributed by atoms with Crippen molar-refractivity contribution in [1.29, 1.82) is 0 Å². The number of nitrogens with two attached hydrogens (primary N) is 1. The van der Waals surface area contributed by atoms with Gasteiger partial charge in [0.05, 0.1) is 5.02 Å². The van der Waals surface area contributed by atoms with Gasteiger partial charge in [-0.05, 0) is 49.1 Å². The second-order valence-corrected chi connectivity index (χ2v) is 6.51. The molecule has 3 heteroatoms. The Morgan fingerprint density at radius 2 is 1.94 bits per heavy atom. The first-order valence-electron chi connectivity index (χ1n) is 6.61. The largest absolute Gasteiger partial charge is 0.325 e. The zero-order valence-corrected chi connectivity index (χ0v) is 11.8. The maximum Gasteiger partial charge on any atom is 0.145 e. The van der Waals surface area contributed by atoms with Gasteiger partial charge in [-0.3, -0.25) is 0 Å². The molecule has 2 rings (SSSR count). The molecule has 0 spiro atoms. The second kappa shape index (κ2) is 5.18. The summed E-state index contributed by atoms with van der Waals surface area (Å²) >= 11 is 5.82. The van der Waals surface area contributed by atoms with Crippen LogP contribution < -0.4 is 5.73 Å². The second-order valence-electron chi connectivity index (χ2n) is 6.11. The predicted octanol–water partition coefficient (Wildman–Crippen LogP) is 4.18. The van der Waals surface area contributed by atoms with Gasteiger partial charge in [-0.25, -0.2) is 4.39 Å². The molecular weight excluding hydrogens is 249 g/mol. The molecule has 0 saturated heterocycles. The molecule has 0 bridgehead atoms. The summed E-state index contributed by atoms with van der Waals surface area (Å²) in [5.74, 6) is 0.914. The fourth-order valence-corrected chi connectivity index (χ4v) is 3.73. The quantitative estimate of drug-likeness (QED) is 0.857. The first-order chi connectivity index (χ1) is 8.39. The molecule has 0 aliphatic heterocycles. The van der Waals surface area contributed by atoms with E-state index < -0.39 is 0 Å². The van der Waals surface area contributed by atoms with Crippen molar-refractivity contribution in [2.45, 2.75) is 45.1 Å². The van der Waals surface area contributed by atoms with E-state index in [9.17, 15) is 4.39 Å². The summed E-state index contributed by atoms with van der Waals surface area (Å²) in [6, 6.07) is 5.16. The summed E-state index contributed by atoms with van der Waals surface area (Å²) in [7, 11) is 0. The molecule has 2 atom stereocenters. The molecule has 1 aliphatic rings. The van der Waals surface area contributed by atoms with Crippen LogP contribution in [0.25, 0.3) is 0 Å². The van der Waals surface area contributed by atoms with Crippen molar-refractivity contribution in [1.82, 2.24) is 0 Å². The SMILES string of the molecule is CC1CC(C)CC(N)(Cc2cccc(Cl)c2F)C1. The summed E-state index contributed by atoms with van der Waals surface area (Å²) in [5.41, 5.74) is 6.84. The minimum Gasteiger partial charge on any atom is -0.325 e. The summed E-state index contributed by atoms with van der Waals surface area (Å²) in [6.07, 6.45) is 3.72. The molecule has 1 aliphatic carbocycles. The highest BCUT2D eigenvalue weighted by Crippen LogP contribution is 2.37. The Bertz CT molecular complexity index is 423. The van der Waals surface area contributed by atoms with E-state index in [-0.39, 0.29) is 16.4 Å². The van der Waals surface area contributed by atoms with E-state index in [0.29, 0.717) is 23.8 Å². The van der Waals surface area contributed by atoms with Crippen molar-refractivity contribution < 1.29 is 4.39 Å². The molecule has 1 aromatic rings. The van der Waals surface area contributed by atoms with Gasteiger partial charge in [-0.1, -0.05) is 37.6 Å². The number of hydrogen-bond acceptors (Lipinski definition) is 1. The normalized spacial score (nSPS) is 32.5. The molecule has 18 heavy (non-hydrogen) atoms. The Hall–Kier alpha value is -0.600. The lowest BCUT2D eigenvalue weighted by molar-refractivity contribution is 0.181. The highest BCUT2D eigenvalue weighted by atomic mass is 35.5. The van der Waals surface area contributed by atoms with Gasteiger partial charge in [0, 0.05) is 5.54 Å². The minimum absolute atomic E-state index is 0.188. The lowest BCUT2D eigenvalue weighted by atomic mass is 9.70. The molecule has 0 amide bonds. The van der Waals surface area contributed by atoms with E-state index in [4.69, 9.17) is 17.3 Å². The molecule has 1 nitrogen and oxygen atoms in total. The lowest BCUT2D eigenvalue weighted by Gasteiger charge is -2.40. The number of rotatable bonds is 2. The average molecular weight is 270 g/mol. The molecule has 0 radical (unpaired) electrons. The Morgan fingerprint density at radius 3 is 2.56 bits per heavy atom. The van der Waals surface area contributed by atoms with Crippen LogP contribution in [-0.4, -0.2) is 5.54 Å². The molecule has 2 unspecified atom stereocenters. The molecule has 100 valence electrons. The number of halogens is 2. The van der Waals surface area contributed by atoms with Gasteiger partial charge in [-0.15, -0.1) is 0 Å². The Balaban J connectivity index is 2.19. The summed E-state index contributed by atoms with van der Waals surface area (Å²) in [4.78, 5) is 0. The van der Waals surface area contributed by atoms with Crippen molar-refractivity contribution in [3.8, 4) is 0 Å². The third-order valence-corrected chi connectivity index (χ3v) is 4.18. The van der Waals surface area contributed by atoms with Gasteiger partial charge < -0.3 is 5.73 Å². The van der Waals surface area contributed by atoms with Crippen molar-refractivity contribution >= 4 is 11.6 Å². The van der Waals surface area contributed by atoms with Crippen LogP contribution in [0, 0.1) is 17.7 Å². The van der Waals surface area contributed by atoms with Gasteiger partial charge in [-0.2, -0.15) is 0 Å². The van der Waals surface area contributed by atoms with Crippen molar-refractivity contribution in [2.75, 3.05) is 0 Å². The van der Waals surface area contributed by atoms with Crippen LogP contribution in [-0.2, 0) is 6.42 Å². The molecule has 0 aromatic heterocycles. The first kappa shape index (κ1) is 13.8. The third kappa shape index (κ3) is 3.04. The fourth-order valence-electron chi connectivity index (χ4n) is 3.53. The third-order valence-electron chi connectivity index (χ3n) is 3.89.